The van der Waals surface area contributed by atoms with E-state index in [1.807, 2.05) is 19.9 Å². The Morgan fingerprint density at radius 1 is 0.917 bits per heavy atom. The van der Waals surface area contributed by atoms with Crippen molar-refractivity contribution in [2.45, 2.75) is 84.5 Å². The van der Waals surface area contributed by atoms with Crippen LogP contribution in [0.4, 0.5) is 13.2 Å². The largest absolute Gasteiger partial charge is 0.492 e. The minimum absolute atomic E-state index is 0.0920. The van der Waals surface area contributed by atoms with Gasteiger partial charge in [0.05, 0.1) is 18.8 Å². The van der Waals surface area contributed by atoms with Crippen molar-refractivity contribution in [3.05, 3.63) is 75.2 Å². The molecule has 1 aliphatic heterocycles. The second-order valence-electron chi connectivity index (χ2n) is 13.2. The molecule has 1 fully saturated rings. The van der Waals surface area contributed by atoms with Crippen LogP contribution in [0.15, 0.2) is 47.3 Å². The summed E-state index contributed by atoms with van der Waals surface area (Å²) in [5.74, 6) is 0.920. The van der Waals surface area contributed by atoms with Gasteiger partial charge in [0, 0.05) is 66.3 Å². The summed E-state index contributed by atoms with van der Waals surface area (Å²) >= 11 is 0. The normalized spacial score (nSPS) is 14.5. The van der Waals surface area contributed by atoms with Gasteiger partial charge in [-0.2, -0.15) is 13.2 Å². The average Bonchev–Trinajstić information content (AvgIpc) is 3.34. The van der Waals surface area contributed by atoms with Gasteiger partial charge in [0.1, 0.15) is 12.4 Å². The van der Waals surface area contributed by atoms with E-state index in [0.717, 1.165) is 101 Å². The number of fused-ring (bicyclic) bond motifs is 3. The second-order valence-corrected chi connectivity index (χ2v) is 13.2. The molecule has 0 spiro atoms. The van der Waals surface area contributed by atoms with Gasteiger partial charge in [-0.3, -0.25) is 9.69 Å². The molecular formula is C38H51F3N4O3. The van der Waals surface area contributed by atoms with E-state index in [-0.39, 0.29) is 10.9 Å². The SMILES string of the molecule is CCc1c(C)c2c3c(C(F)(F)F)cc(=O)[nH]c3ccc2n1CCCCCCCCCN(C)Cc1ccc(OCCN2CCOCC2)cc1. The van der Waals surface area contributed by atoms with Crippen LogP contribution in [0.25, 0.3) is 21.8 Å². The number of H-pyrrole nitrogens is 1. The quantitative estimate of drug-likeness (QED) is 0.116. The zero-order chi connectivity index (χ0) is 34.1. The molecule has 0 amide bonds. The molecule has 3 heterocycles. The number of nitrogens with zero attached hydrogens (tertiary/aromatic N) is 3. The van der Waals surface area contributed by atoms with Gasteiger partial charge in [-0.15, -0.1) is 0 Å². The molecule has 0 radical (unpaired) electrons. The number of aromatic amines is 1. The maximum Gasteiger partial charge on any atom is 0.417 e. The minimum atomic E-state index is -4.61. The Balaban J connectivity index is 1.01. The van der Waals surface area contributed by atoms with Crippen molar-refractivity contribution in [1.82, 2.24) is 19.4 Å². The Bertz CT molecular complexity index is 1670. The highest BCUT2D eigenvalue weighted by atomic mass is 19.4. The third-order valence-corrected chi connectivity index (χ3v) is 9.63. The number of ether oxygens (including phenoxy) is 2. The lowest BCUT2D eigenvalue weighted by Gasteiger charge is -2.26. The van der Waals surface area contributed by atoms with Crippen molar-refractivity contribution >= 4 is 21.8 Å². The lowest BCUT2D eigenvalue weighted by atomic mass is 10.0. The molecule has 7 nitrogen and oxygen atoms in total. The Morgan fingerprint density at radius 2 is 1.60 bits per heavy atom. The van der Waals surface area contributed by atoms with Crippen LogP contribution >= 0.6 is 0 Å². The van der Waals surface area contributed by atoms with Gasteiger partial charge in [-0.05, 0) is 75.2 Å². The van der Waals surface area contributed by atoms with Crippen LogP contribution in [0, 0.1) is 6.92 Å². The molecule has 10 heteroatoms. The zero-order valence-corrected chi connectivity index (χ0v) is 28.8. The predicted octanol–water partition coefficient (Wildman–Crippen LogP) is 7.95. The highest BCUT2D eigenvalue weighted by molar-refractivity contribution is 6.09. The number of nitrogens with one attached hydrogen (secondary N) is 1. The summed E-state index contributed by atoms with van der Waals surface area (Å²) in [5, 5.41) is 0.688. The van der Waals surface area contributed by atoms with Gasteiger partial charge >= 0.3 is 6.18 Å². The number of halogens is 3. The minimum Gasteiger partial charge on any atom is -0.492 e. The molecule has 0 atom stereocenters. The van der Waals surface area contributed by atoms with E-state index < -0.39 is 17.3 Å². The van der Waals surface area contributed by atoms with Crippen LogP contribution in [0.1, 0.15) is 74.3 Å². The summed E-state index contributed by atoms with van der Waals surface area (Å²) in [4.78, 5) is 19.3. The zero-order valence-electron chi connectivity index (χ0n) is 28.8. The second kappa shape index (κ2) is 16.9. The van der Waals surface area contributed by atoms with Crippen molar-refractivity contribution < 1.29 is 22.6 Å². The standard InChI is InChI=1S/C38H51F3N4O3/c1-4-33-28(2)36-34(17-16-32-37(36)31(38(39,40)41)26-35(46)42-32)45(33)19-11-9-7-5-6-8-10-18-43(3)27-29-12-14-30(15-13-29)48-25-22-44-20-23-47-24-21-44/h12-17,26H,4-11,18-25,27H2,1-3H3,(H,42,46). The summed E-state index contributed by atoms with van der Waals surface area (Å²) in [6.07, 6.45) is 4.12. The molecule has 48 heavy (non-hydrogen) atoms. The van der Waals surface area contributed by atoms with Crippen LogP contribution in [-0.4, -0.2) is 72.4 Å². The number of aromatic nitrogens is 2. The Morgan fingerprint density at radius 3 is 2.29 bits per heavy atom. The summed E-state index contributed by atoms with van der Waals surface area (Å²) in [7, 11) is 2.18. The van der Waals surface area contributed by atoms with Gasteiger partial charge < -0.3 is 23.9 Å². The lowest BCUT2D eigenvalue weighted by Crippen LogP contribution is -2.38. The lowest BCUT2D eigenvalue weighted by molar-refractivity contribution is -0.136. The first-order chi connectivity index (χ1) is 23.2. The highest BCUT2D eigenvalue weighted by Crippen LogP contribution is 2.39. The van der Waals surface area contributed by atoms with Crippen LogP contribution in [0.5, 0.6) is 5.75 Å². The highest BCUT2D eigenvalue weighted by Gasteiger charge is 2.34. The first-order valence-corrected chi connectivity index (χ1v) is 17.6. The van der Waals surface area contributed by atoms with E-state index in [2.05, 4.69) is 50.7 Å². The fourth-order valence-corrected chi connectivity index (χ4v) is 7.11. The fourth-order valence-electron chi connectivity index (χ4n) is 7.11. The maximum absolute atomic E-state index is 14.0. The molecule has 2 aromatic heterocycles. The van der Waals surface area contributed by atoms with Gasteiger partial charge in [0.15, 0.2) is 0 Å². The van der Waals surface area contributed by atoms with Gasteiger partial charge in [-0.1, -0.05) is 51.2 Å². The number of aryl methyl sites for hydroxylation is 2. The molecule has 2 aromatic carbocycles. The number of alkyl halides is 3. The molecule has 0 aliphatic carbocycles. The number of unbranched alkanes of at least 4 members (excludes halogenated alkanes) is 6. The van der Waals surface area contributed by atoms with E-state index in [0.29, 0.717) is 18.1 Å². The van der Waals surface area contributed by atoms with Crippen molar-refractivity contribution in [2.24, 2.45) is 0 Å². The first-order valence-electron chi connectivity index (χ1n) is 17.6. The number of pyridine rings is 1. The predicted molar refractivity (Wildman–Crippen MR) is 187 cm³/mol. The van der Waals surface area contributed by atoms with E-state index >= 15 is 0 Å². The van der Waals surface area contributed by atoms with E-state index in [1.54, 1.807) is 6.07 Å². The molecule has 1 saturated heterocycles. The Kier molecular flexibility index (Phi) is 12.6. The van der Waals surface area contributed by atoms with Gasteiger partial charge in [0.25, 0.3) is 0 Å². The third-order valence-electron chi connectivity index (χ3n) is 9.63. The first kappa shape index (κ1) is 36.0. The number of morpholine rings is 1. The molecule has 1 aliphatic rings. The van der Waals surface area contributed by atoms with Crippen LogP contribution in [-0.2, 0) is 30.4 Å². The number of hydrogen-bond donors (Lipinski definition) is 1. The van der Waals surface area contributed by atoms with E-state index in [1.165, 1.54) is 31.2 Å². The summed E-state index contributed by atoms with van der Waals surface area (Å²) in [5.41, 5.74) is 2.65. The average molecular weight is 669 g/mol. The molecule has 262 valence electrons. The number of hydrogen-bond acceptors (Lipinski definition) is 5. The number of rotatable bonds is 17. The van der Waals surface area contributed by atoms with Crippen LogP contribution < -0.4 is 10.3 Å². The fraction of sp³-hybridized carbons (Fsp3) is 0.553. The van der Waals surface area contributed by atoms with Gasteiger partial charge in [-0.25, -0.2) is 0 Å². The van der Waals surface area contributed by atoms with Crippen molar-refractivity contribution in [2.75, 3.05) is 53.0 Å². The van der Waals surface area contributed by atoms with Gasteiger partial charge in [0.2, 0.25) is 5.56 Å². The summed E-state index contributed by atoms with van der Waals surface area (Å²) in [6.45, 7) is 11.9. The Labute approximate surface area is 282 Å². The van der Waals surface area contributed by atoms with E-state index in [9.17, 15) is 18.0 Å². The van der Waals surface area contributed by atoms with Crippen LogP contribution in [0.2, 0.25) is 0 Å². The van der Waals surface area contributed by atoms with Crippen molar-refractivity contribution in [3.8, 4) is 5.75 Å². The molecule has 0 unspecified atom stereocenters. The van der Waals surface area contributed by atoms with E-state index in [4.69, 9.17) is 9.47 Å². The van der Waals surface area contributed by atoms with Crippen molar-refractivity contribution in [1.29, 1.82) is 0 Å². The molecule has 5 rings (SSSR count). The van der Waals surface area contributed by atoms with Crippen molar-refractivity contribution in [3.63, 3.8) is 0 Å². The molecule has 1 N–H and O–H groups in total. The van der Waals surface area contributed by atoms with Crippen LogP contribution in [0.3, 0.4) is 0 Å². The molecule has 0 saturated carbocycles. The maximum atomic E-state index is 14.0. The molecule has 0 bridgehead atoms. The topological polar surface area (TPSA) is 62.7 Å². The monoisotopic (exact) mass is 668 g/mol. The third kappa shape index (κ3) is 9.21. The smallest absolute Gasteiger partial charge is 0.417 e. The molecule has 4 aromatic rings. The Hall–Kier alpha value is -3.34. The number of benzene rings is 2. The summed E-state index contributed by atoms with van der Waals surface area (Å²) in [6, 6.07) is 12.6. The molecular weight excluding hydrogens is 617 g/mol. The summed E-state index contributed by atoms with van der Waals surface area (Å²) < 4.78 is 55.5.